The molecule has 0 aromatic carbocycles. The number of hydrogen-bond donors (Lipinski definition) is 1. The molecule has 0 aromatic heterocycles. The van der Waals surface area contributed by atoms with Crippen LogP contribution in [-0.2, 0) is 9.47 Å². The maximum absolute atomic E-state index is 6.26. The molecule has 0 saturated heterocycles. The van der Waals surface area contributed by atoms with Crippen molar-refractivity contribution >= 4 is 0 Å². The van der Waals surface area contributed by atoms with E-state index in [1.807, 2.05) is 0 Å². The summed E-state index contributed by atoms with van der Waals surface area (Å²) in [6.07, 6.45) is 10.7. The number of nitrogens with one attached hydrogen (secondary N) is 1. The summed E-state index contributed by atoms with van der Waals surface area (Å²) in [5.74, 6) is 1.13. The molecule has 3 heteroatoms. The Labute approximate surface area is 117 Å². The molecule has 1 N–H and O–H groups in total. The van der Waals surface area contributed by atoms with E-state index in [1.54, 1.807) is 0 Å². The zero-order valence-electron chi connectivity index (χ0n) is 12.5. The maximum atomic E-state index is 6.26. The van der Waals surface area contributed by atoms with Gasteiger partial charge in [0.05, 0.1) is 18.2 Å². The summed E-state index contributed by atoms with van der Waals surface area (Å²) in [5, 5.41) is 3.63. The SMILES string of the molecule is CCNC(C1=CCCCO1)C1(OCC)CCCCC1. The largest absolute Gasteiger partial charge is 0.496 e. The minimum Gasteiger partial charge on any atom is -0.496 e. The zero-order chi connectivity index (χ0) is 13.6. The lowest BCUT2D eigenvalue weighted by Crippen LogP contribution is -2.55. The second kappa shape index (κ2) is 7.30. The average molecular weight is 267 g/mol. The molecule has 3 nitrogen and oxygen atoms in total. The molecule has 0 bridgehead atoms. The van der Waals surface area contributed by atoms with Gasteiger partial charge in [-0.15, -0.1) is 0 Å². The van der Waals surface area contributed by atoms with E-state index in [0.29, 0.717) is 0 Å². The van der Waals surface area contributed by atoms with Crippen LogP contribution in [-0.4, -0.2) is 31.4 Å². The maximum Gasteiger partial charge on any atom is 0.112 e. The molecule has 2 aliphatic rings. The standard InChI is InChI=1S/C16H29NO2/c1-3-17-15(14-10-6-9-13-18-14)16(19-4-2)11-7-5-8-12-16/h10,15,17H,3-9,11-13H2,1-2H3. The van der Waals surface area contributed by atoms with Gasteiger partial charge in [0.15, 0.2) is 0 Å². The number of hydrogen-bond acceptors (Lipinski definition) is 3. The molecule has 2 rings (SSSR count). The first kappa shape index (κ1) is 14.9. The van der Waals surface area contributed by atoms with Crippen LogP contribution in [0, 0.1) is 0 Å². The molecule has 1 saturated carbocycles. The van der Waals surface area contributed by atoms with Gasteiger partial charge in [0.25, 0.3) is 0 Å². The summed E-state index contributed by atoms with van der Waals surface area (Å²) in [7, 11) is 0. The van der Waals surface area contributed by atoms with E-state index in [1.165, 1.54) is 19.3 Å². The summed E-state index contributed by atoms with van der Waals surface area (Å²) in [5.41, 5.74) is -0.0494. The Morgan fingerprint density at radius 2 is 2.05 bits per heavy atom. The lowest BCUT2D eigenvalue weighted by Gasteiger charge is -2.44. The number of ether oxygens (including phenoxy) is 2. The van der Waals surface area contributed by atoms with Crippen molar-refractivity contribution < 1.29 is 9.47 Å². The van der Waals surface area contributed by atoms with E-state index in [4.69, 9.17) is 9.47 Å². The molecule has 0 spiro atoms. The van der Waals surface area contributed by atoms with E-state index >= 15 is 0 Å². The van der Waals surface area contributed by atoms with E-state index in [-0.39, 0.29) is 11.6 Å². The van der Waals surface area contributed by atoms with Crippen LogP contribution in [0.25, 0.3) is 0 Å². The van der Waals surface area contributed by atoms with Crippen molar-refractivity contribution in [3.63, 3.8) is 0 Å². The Balaban J connectivity index is 2.19. The Morgan fingerprint density at radius 1 is 1.26 bits per heavy atom. The van der Waals surface area contributed by atoms with E-state index in [2.05, 4.69) is 25.2 Å². The number of allylic oxidation sites excluding steroid dienone is 1. The highest BCUT2D eigenvalue weighted by molar-refractivity contribution is 5.14. The summed E-state index contributed by atoms with van der Waals surface area (Å²) in [6.45, 7) is 6.87. The first-order valence-corrected chi connectivity index (χ1v) is 8.02. The fourth-order valence-electron chi connectivity index (χ4n) is 3.48. The second-order valence-electron chi connectivity index (χ2n) is 5.65. The zero-order valence-corrected chi connectivity index (χ0v) is 12.5. The molecule has 1 atom stereocenters. The van der Waals surface area contributed by atoms with Crippen molar-refractivity contribution in [2.24, 2.45) is 0 Å². The van der Waals surface area contributed by atoms with Crippen LogP contribution in [0.3, 0.4) is 0 Å². The Morgan fingerprint density at radius 3 is 2.63 bits per heavy atom. The minimum atomic E-state index is -0.0494. The topological polar surface area (TPSA) is 30.5 Å². The van der Waals surface area contributed by atoms with Gasteiger partial charge in [-0.2, -0.15) is 0 Å². The minimum absolute atomic E-state index is 0.0494. The van der Waals surface area contributed by atoms with Crippen molar-refractivity contribution in [1.29, 1.82) is 0 Å². The molecule has 1 aliphatic carbocycles. The first-order chi connectivity index (χ1) is 9.32. The molecule has 110 valence electrons. The molecule has 1 heterocycles. The summed E-state index contributed by atoms with van der Waals surface area (Å²) in [6, 6.07) is 0.234. The van der Waals surface area contributed by atoms with E-state index in [0.717, 1.165) is 51.2 Å². The van der Waals surface area contributed by atoms with Gasteiger partial charge in [0, 0.05) is 6.61 Å². The van der Waals surface area contributed by atoms with Gasteiger partial charge < -0.3 is 14.8 Å². The van der Waals surface area contributed by atoms with Crippen LogP contribution in [0.15, 0.2) is 11.8 Å². The van der Waals surface area contributed by atoms with Gasteiger partial charge in [-0.1, -0.05) is 26.2 Å². The van der Waals surface area contributed by atoms with Gasteiger partial charge in [0.2, 0.25) is 0 Å². The second-order valence-corrected chi connectivity index (χ2v) is 5.65. The van der Waals surface area contributed by atoms with Crippen LogP contribution in [0.2, 0.25) is 0 Å². The van der Waals surface area contributed by atoms with Crippen molar-refractivity contribution in [3.05, 3.63) is 11.8 Å². The average Bonchev–Trinajstić information content (AvgIpc) is 2.47. The van der Waals surface area contributed by atoms with Crippen molar-refractivity contribution in [3.8, 4) is 0 Å². The summed E-state index contributed by atoms with van der Waals surface area (Å²) >= 11 is 0. The lowest BCUT2D eigenvalue weighted by molar-refractivity contribution is -0.0921. The Bertz CT molecular complexity index is 290. The number of likely N-dealkylation sites (N-methyl/N-ethyl adjacent to an activating group) is 1. The third kappa shape index (κ3) is 3.51. The molecular formula is C16H29NO2. The van der Waals surface area contributed by atoms with Crippen LogP contribution >= 0.6 is 0 Å². The lowest BCUT2D eigenvalue weighted by atomic mass is 9.78. The van der Waals surface area contributed by atoms with Crippen LogP contribution in [0.5, 0.6) is 0 Å². The predicted octanol–water partition coefficient (Wildman–Crippen LogP) is 3.40. The Kier molecular flexibility index (Phi) is 5.71. The van der Waals surface area contributed by atoms with E-state index in [9.17, 15) is 0 Å². The van der Waals surface area contributed by atoms with Crippen molar-refractivity contribution in [1.82, 2.24) is 5.32 Å². The smallest absolute Gasteiger partial charge is 0.112 e. The van der Waals surface area contributed by atoms with Gasteiger partial charge in [-0.3, -0.25) is 0 Å². The van der Waals surface area contributed by atoms with Crippen molar-refractivity contribution in [2.45, 2.75) is 70.4 Å². The molecule has 0 amide bonds. The fourth-order valence-corrected chi connectivity index (χ4v) is 3.48. The molecule has 1 unspecified atom stereocenters. The molecular weight excluding hydrogens is 238 g/mol. The number of rotatable bonds is 6. The highest BCUT2D eigenvalue weighted by Gasteiger charge is 2.43. The van der Waals surface area contributed by atoms with Crippen molar-refractivity contribution in [2.75, 3.05) is 19.8 Å². The van der Waals surface area contributed by atoms with Gasteiger partial charge in [0.1, 0.15) is 5.76 Å². The van der Waals surface area contributed by atoms with Gasteiger partial charge >= 0.3 is 0 Å². The summed E-state index contributed by atoms with van der Waals surface area (Å²) < 4.78 is 12.2. The van der Waals surface area contributed by atoms with E-state index < -0.39 is 0 Å². The quantitative estimate of drug-likeness (QED) is 0.800. The monoisotopic (exact) mass is 267 g/mol. The highest BCUT2D eigenvalue weighted by Crippen LogP contribution is 2.38. The van der Waals surface area contributed by atoms with Crippen LogP contribution in [0.1, 0.15) is 58.8 Å². The predicted molar refractivity (Wildman–Crippen MR) is 78.2 cm³/mol. The third-order valence-electron chi connectivity index (χ3n) is 4.31. The molecule has 19 heavy (non-hydrogen) atoms. The Hall–Kier alpha value is -0.540. The normalized spacial score (nSPS) is 24.4. The molecule has 0 radical (unpaired) electrons. The summed E-state index contributed by atoms with van der Waals surface area (Å²) in [4.78, 5) is 0. The molecule has 0 aromatic rings. The highest BCUT2D eigenvalue weighted by atomic mass is 16.5. The van der Waals surface area contributed by atoms with Crippen LogP contribution in [0.4, 0.5) is 0 Å². The molecule has 1 fully saturated rings. The van der Waals surface area contributed by atoms with Crippen LogP contribution < -0.4 is 5.32 Å². The molecule has 1 aliphatic heterocycles. The van der Waals surface area contributed by atoms with Gasteiger partial charge in [-0.05, 0) is 45.2 Å². The third-order valence-corrected chi connectivity index (χ3v) is 4.31. The first-order valence-electron chi connectivity index (χ1n) is 8.02. The fraction of sp³-hybridized carbons (Fsp3) is 0.875. The van der Waals surface area contributed by atoms with Gasteiger partial charge in [-0.25, -0.2) is 0 Å².